The molecule has 0 heterocycles. The summed E-state index contributed by atoms with van der Waals surface area (Å²) in [5.41, 5.74) is 14.1. The second-order valence-corrected chi connectivity index (χ2v) is 31.8. The van der Waals surface area contributed by atoms with Crippen LogP contribution in [0.4, 0.5) is 42.9 Å². The summed E-state index contributed by atoms with van der Waals surface area (Å²) in [6, 6.07) is 78.7. The number of halogens is 2. The minimum Gasteiger partial charge on any atom is -0.311 e. The molecule has 1 aliphatic carbocycles. The molecule has 0 radical (unpaired) electrons. The van der Waals surface area contributed by atoms with E-state index in [9.17, 15) is 8.78 Å². The lowest BCUT2D eigenvalue weighted by molar-refractivity contribution is 0.627. The highest BCUT2D eigenvalue weighted by Crippen LogP contribution is 2.54. The topological polar surface area (TPSA) is 6.48 Å². The van der Waals surface area contributed by atoms with Gasteiger partial charge in [0.2, 0.25) is 0 Å². The number of hydrogen-bond donors (Lipinski definition) is 0. The van der Waals surface area contributed by atoms with Gasteiger partial charge in [-0.15, -0.1) is 0 Å². The van der Waals surface area contributed by atoms with Crippen molar-refractivity contribution in [1.82, 2.24) is 0 Å². The highest BCUT2D eigenvalue weighted by atomic mass is 28.3. The second-order valence-electron chi connectivity index (χ2n) is 21.6. The molecule has 0 spiro atoms. The first-order valence-corrected chi connectivity index (χ1v) is 32.3. The molecule has 6 heteroatoms. The molecule has 1 aliphatic rings. The van der Waals surface area contributed by atoms with E-state index in [1.54, 1.807) is 12.1 Å². The Hall–Kier alpha value is -7.91. The Kier molecular flexibility index (Phi) is 11.4. The van der Waals surface area contributed by atoms with Crippen LogP contribution in [0, 0.1) is 11.6 Å². The Morgan fingerprint density at radius 1 is 0.301 bits per heavy atom. The van der Waals surface area contributed by atoms with Crippen molar-refractivity contribution in [3.63, 3.8) is 0 Å². The van der Waals surface area contributed by atoms with Crippen LogP contribution in [-0.2, 0) is 0 Å². The Morgan fingerprint density at radius 2 is 0.671 bits per heavy atom. The summed E-state index contributed by atoms with van der Waals surface area (Å²) in [5, 5.41) is 10.2. The first kappa shape index (κ1) is 46.2. The molecule has 1 unspecified atom stereocenters. The highest BCUT2D eigenvalue weighted by molar-refractivity contribution is 6.89. The molecule has 0 saturated carbocycles. The molecule has 0 fully saturated rings. The number of rotatable bonds is 10. The van der Waals surface area contributed by atoms with E-state index < -0.39 is 16.1 Å². The van der Waals surface area contributed by atoms with Crippen LogP contribution in [-0.4, -0.2) is 16.1 Å². The van der Waals surface area contributed by atoms with E-state index in [2.05, 4.69) is 225 Å². The molecule has 0 saturated heterocycles. The van der Waals surface area contributed by atoms with Crippen molar-refractivity contribution in [2.75, 3.05) is 9.80 Å². The predicted octanol–water partition coefficient (Wildman–Crippen LogP) is 18.3. The average Bonchev–Trinajstić information content (AvgIpc) is 3.73. The van der Waals surface area contributed by atoms with Crippen LogP contribution in [0.25, 0.3) is 54.6 Å². The SMILES string of the molecule is C[Si](C)(C)c1ccc(N(c2ccc(F)cc2)c2ccc(-c3ccc(N(c4ccc(F)cc4)c4ccc([Si](C)(C)C)cc4)cc3C3c4ccccc4-c4cc5c6ccccc6c6ccccc6c5cc43)cc2)cc1. The molecule has 0 aromatic heterocycles. The maximum atomic E-state index is 14.7. The fourth-order valence-corrected chi connectivity index (χ4v) is 13.5. The monoisotopic (exact) mass is 982 g/mol. The molecule has 356 valence electrons. The standard InChI is InChI=1S/C67H56F2N2Si2/c1-72(2,3)53-36-31-50(32-37-53)70(48-27-21-45(68)22-28-48)47-25-19-44(20-26-47)55-40-35-52(71(49-29-23-46(69)24-30-49)51-33-38-54(39-34-51)73(4,5)6)41-65(55)67-61-18-12-11-17-60(61)64-42-62-58-15-9-7-13-56(58)57-14-8-10-16-59(57)63(62)43-66(64)67/h7-43,67H,1-6H3. The maximum Gasteiger partial charge on any atom is 0.123 e. The van der Waals surface area contributed by atoms with Crippen LogP contribution >= 0.6 is 0 Å². The van der Waals surface area contributed by atoms with Crippen molar-refractivity contribution in [1.29, 1.82) is 0 Å². The van der Waals surface area contributed by atoms with Crippen molar-refractivity contribution >= 4 is 93.0 Å². The largest absolute Gasteiger partial charge is 0.311 e. The second kappa shape index (κ2) is 18.0. The minimum atomic E-state index is -1.60. The molecule has 0 amide bonds. The Bertz CT molecular complexity index is 3870. The summed E-state index contributed by atoms with van der Waals surface area (Å²) in [5.74, 6) is -0.666. The van der Waals surface area contributed by atoms with Crippen LogP contribution in [0.15, 0.2) is 224 Å². The lowest BCUT2D eigenvalue weighted by atomic mass is 9.82. The Morgan fingerprint density at radius 3 is 1.15 bits per heavy atom. The van der Waals surface area contributed by atoms with E-state index in [0.29, 0.717) is 0 Å². The molecular weight excluding hydrogens is 927 g/mol. The van der Waals surface area contributed by atoms with Gasteiger partial charge in [0.1, 0.15) is 11.6 Å². The predicted molar refractivity (Wildman–Crippen MR) is 312 cm³/mol. The molecule has 11 aromatic carbocycles. The van der Waals surface area contributed by atoms with Gasteiger partial charge in [0.25, 0.3) is 0 Å². The minimum absolute atomic E-state index is 0.125. The first-order chi connectivity index (χ1) is 35.3. The van der Waals surface area contributed by atoms with Crippen molar-refractivity contribution < 1.29 is 8.78 Å². The van der Waals surface area contributed by atoms with Crippen LogP contribution < -0.4 is 20.2 Å². The third-order valence-electron chi connectivity index (χ3n) is 15.0. The number of anilines is 6. The van der Waals surface area contributed by atoms with Gasteiger partial charge in [-0.1, -0.05) is 165 Å². The summed E-state index contributed by atoms with van der Waals surface area (Å²) >= 11 is 0. The van der Waals surface area contributed by atoms with Gasteiger partial charge in [-0.25, -0.2) is 8.78 Å². The third kappa shape index (κ3) is 8.34. The molecule has 0 aliphatic heterocycles. The van der Waals surface area contributed by atoms with Gasteiger partial charge in [-0.2, -0.15) is 0 Å². The number of nitrogens with zero attached hydrogens (tertiary/aromatic N) is 2. The summed E-state index contributed by atoms with van der Waals surface area (Å²) < 4.78 is 29.2. The van der Waals surface area contributed by atoms with Gasteiger partial charge in [0.05, 0.1) is 16.1 Å². The van der Waals surface area contributed by atoms with E-state index in [1.165, 1.54) is 82.6 Å². The molecule has 1 atom stereocenters. The Labute approximate surface area is 429 Å². The lowest BCUT2D eigenvalue weighted by Crippen LogP contribution is -2.37. The molecule has 0 bridgehead atoms. The summed E-state index contributed by atoms with van der Waals surface area (Å²) in [6.45, 7) is 14.2. The molecule has 2 nitrogen and oxygen atoms in total. The Balaban J connectivity index is 1.08. The van der Waals surface area contributed by atoms with E-state index in [4.69, 9.17) is 0 Å². The zero-order chi connectivity index (χ0) is 50.2. The van der Waals surface area contributed by atoms with Crippen LogP contribution in [0.1, 0.15) is 22.6 Å². The van der Waals surface area contributed by atoms with Gasteiger partial charge in [-0.05, 0) is 180 Å². The lowest BCUT2D eigenvalue weighted by Gasteiger charge is -2.29. The molecule has 12 rings (SSSR count). The van der Waals surface area contributed by atoms with E-state index in [0.717, 1.165) is 45.3 Å². The van der Waals surface area contributed by atoms with E-state index in [-0.39, 0.29) is 17.6 Å². The molecule has 11 aromatic rings. The zero-order valence-electron chi connectivity index (χ0n) is 42.1. The third-order valence-corrected chi connectivity index (χ3v) is 19.1. The highest BCUT2D eigenvalue weighted by Gasteiger charge is 2.33. The molecule has 0 N–H and O–H groups in total. The van der Waals surface area contributed by atoms with Crippen molar-refractivity contribution in [2.24, 2.45) is 0 Å². The summed E-state index contributed by atoms with van der Waals surface area (Å²) in [6.07, 6.45) is 0. The smallest absolute Gasteiger partial charge is 0.123 e. The fourth-order valence-electron chi connectivity index (χ4n) is 11.2. The molecular formula is C67H56F2N2Si2. The normalized spacial score (nSPS) is 13.3. The maximum absolute atomic E-state index is 14.7. The van der Waals surface area contributed by atoms with E-state index in [1.807, 2.05) is 24.3 Å². The van der Waals surface area contributed by atoms with Gasteiger partial charge in [-0.3, -0.25) is 0 Å². The van der Waals surface area contributed by atoms with Crippen LogP contribution in [0.2, 0.25) is 39.3 Å². The fraction of sp³-hybridized carbons (Fsp3) is 0.104. The first-order valence-electron chi connectivity index (χ1n) is 25.3. The average molecular weight is 983 g/mol. The quantitative estimate of drug-likeness (QED) is 0.0995. The van der Waals surface area contributed by atoms with Gasteiger partial charge < -0.3 is 9.80 Å². The van der Waals surface area contributed by atoms with Crippen molar-refractivity contribution in [3.8, 4) is 22.3 Å². The van der Waals surface area contributed by atoms with Gasteiger partial charge in [0.15, 0.2) is 0 Å². The summed E-state index contributed by atoms with van der Waals surface area (Å²) in [4.78, 5) is 4.47. The van der Waals surface area contributed by atoms with Crippen LogP contribution in [0.5, 0.6) is 0 Å². The molecule has 73 heavy (non-hydrogen) atoms. The van der Waals surface area contributed by atoms with Gasteiger partial charge in [0, 0.05) is 40.0 Å². The van der Waals surface area contributed by atoms with Gasteiger partial charge >= 0.3 is 0 Å². The number of fused-ring (bicyclic) bond motifs is 9. The van der Waals surface area contributed by atoms with Crippen LogP contribution in [0.3, 0.4) is 0 Å². The van der Waals surface area contributed by atoms with Crippen molar-refractivity contribution in [2.45, 2.75) is 45.2 Å². The number of hydrogen-bond acceptors (Lipinski definition) is 2. The number of benzene rings is 11. The van der Waals surface area contributed by atoms with Crippen molar-refractivity contribution in [3.05, 3.63) is 253 Å². The zero-order valence-corrected chi connectivity index (χ0v) is 44.1. The summed E-state index contributed by atoms with van der Waals surface area (Å²) in [7, 11) is -3.14. The van der Waals surface area contributed by atoms with E-state index >= 15 is 0 Å².